The van der Waals surface area contributed by atoms with Crippen LogP contribution < -0.4 is 4.90 Å². The third-order valence-corrected chi connectivity index (χ3v) is 3.39. The second-order valence-corrected chi connectivity index (χ2v) is 4.83. The van der Waals surface area contributed by atoms with Gasteiger partial charge < -0.3 is 14.9 Å². The molecule has 0 unspecified atom stereocenters. The Labute approximate surface area is 128 Å². The fourth-order valence-electron chi connectivity index (χ4n) is 2.22. The van der Waals surface area contributed by atoms with Gasteiger partial charge in [0, 0.05) is 31.9 Å². The Morgan fingerprint density at radius 3 is 2.14 bits per heavy atom. The summed E-state index contributed by atoms with van der Waals surface area (Å²) in [6.45, 7) is 6.34. The van der Waals surface area contributed by atoms with E-state index >= 15 is 0 Å². The van der Waals surface area contributed by atoms with Crippen LogP contribution in [0.3, 0.4) is 0 Å². The molecular formula is C15H21F3N2O2. The van der Waals surface area contributed by atoms with Gasteiger partial charge in [0.1, 0.15) is 0 Å². The number of aromatic carboxylic acids is 1. The van der Waals surface area contributed by atoms with Gasteiger partial charge in [-0.3, -0.25) is 0 Å². The molecule has 1 aliphatic heterocycles. The van der Waals surface area contributed by atoms with E-state index in [2.05, 4.69) is 0 Å². The van der Waals surface area contributed by atoms with Gasteiger partial charge in [-0.05, 0) is 25.2 Å². The number of carboxylic acid groups (broad SMARTS) is 1. The average molecular weight is 318 g/mol. The highest BCUT2D eigenvalue weighted by Gasteiger charge is 2.36. The quantitative estimate of drug-likeness (QED) is 0.909. The van der Waals surface area contributed by atoms with Gasteiger partial charge in [-0.15, -0.1) is 0 Å². The van der Waals surface area contributed by atoms with Crippen LogP contribution in [-0.4, -0.2) is 49.2 Å². The van der Waals surface area contributed by atoms with Gasteiger partial charge in [-0.25, -0.2) is 4.79 Å². The average Bonchev–Trinajstić information content (AvgIpc) is 2.48. The van der Waals surface area contributed by atoms with Crippen molar-refractivity contribution < 1.29 is 23.1 Å². The number of likely N-dealkylation sites (N-methyl/N-ethyl adjacent to an activating group) is 1. The molecule has 2 rings (SSSR count). The number of rotatable bonds is 2. The molecule has 7 heteroatoms. The maximum atomic E-state index is 13.1. The molecule has 0 saturated carbocycles. The first-order valence-corrected chi connectivity index (χ1v) is 7.17. The van der Waals surface area contributed by atoms with E-state index in [4.69, 9.17) is 5.11 Å². The van der Waals surface area contributed by atoms with Gasteiger partial charge in [-0.1, -0.05) is 13.8 Å². The van der Waals surface area contributed by atoms with Crippen LogP contribution in [0.4, 0.5) is 18.9 Å². The van der Waals surface area contributed by atoms with Gasteiger partial charge >= 0.3 is 12.1 Å². The van der Waals surface area contributed by atoms with Gasteiger partial charge in [-0.2, -0.15) is 13.2 Å². The Balaban J connectivity index is 0.00000116. The normalized spacial score (nSPS) is 16.0. The fraction of sp³-hybridized carbons (Fsp3) is 0.533. The van der Waals surface area contributed by atoms with Crippen LogP contribution >= 0.6 is 0 Å². The number of piperazine rings is 1. The van der Waals surface area contributed by atoms with Crippen molar-refractivity contribution in [2.75, 3.05) is 38.1 Å². The molecule has 1 heterocycles. The number of hydrogen-bond donors (Lipinski definition) is 1. The van der Waals surface area contributed by atoms with E-state index in [9.17, 15) is 18.0 Å². The molecule has 0 atom stereocenters. The molecule has 0 bridgehead atoms. The summed E-state index contributed by atoms with van der Waals surface area (Å²) in [5.74, 6) is -1.36. The maximum Gasteiger partial charge on any atom is 0.418 e. The zero-order chi connectivity index (χ0) is 16.9. The molecule has 0 radical (unpaired) electrons. The van der Waals surface area contributed by atoms with Crippen molar-refractivity contribution in [2.24, 2.45) is 0 Å². The molecule has 1 aromatic rings. The fourth-order valence-corrected chi connectivity index (χ4v) is 2.22. The van der Waals surface area contributed by atoms with Crippen molar-refractivity contribution >= 4 is 11.7 Å². The minimum absolute atomic E-state index is 0.0515. The van der Waals surface area contributed by atoms with Crippen LogP contribution in [-0.2, 0) is 6.18 Å². The lowest BCUT2D eigenvalue weighted by Gasteiger charge is -2.35. The predicted octanol–water partition coefficient (Wildman–Crippen LogP) is 3.18. The molecule has 0 aliphatic carbocycles. The van der Waals surface area contributed by atoms with Crippen LogP contribution in [0, 0.1) is 0 Å². The molecular weight excluding hydrogens is 297 g/mol. The Hall–Kier alpha value is -1.76. The topological polar surface area (TPSA) is 43.8 Å². The van der Waals surface area contributed by atoms with Crippen LogP contribution in [0.25, 0.3) is 0 Å². The monoisotopic (exact) mass is 318 g/mol. The molecule has 1 N–H and O–H groups in total. The van der Waals surface area contributed by atoms with E-state index in [0.29, 0.717) is 32.2 Å². The first-order chi connectivity index (χ1) is 10.3. The zero-order valence-corrected chi connectivity index (χ0v) is 12.9. The van der Waals surface area contributed by atoms with E-state index in [1.54, 1.807) is 4.90 Å². The first kappa shape index (κ1) is 18.3. The summed E-state index contributed by atoms with van der Waals surface area (Å²) < 4.78 is 39.3. The highest BCUT2D eigenvalue weighted by molar-refractivity contribution is 5.88. The van der Waals surface area contributed by atoms with Gasteiger partial charge in [0.15, 0.2) is 0 Å². The Kier molecular flexibility index (Phi) is 6.22. The molecule has 1 saturated heterocycles. The lowest BCUT2D eigenvalue weighted by molar-refractivity contribution is -0.137. The number of carbonyl (C=O) groups is 1. The second-order valence-electron chi connectivity index (χ2n) is 4.83. The Morgan fingerprint density at radius 2 is 1.68 bits per heavy atom. The molecule has 1 fully saturated rings. The number of halogens is 3. The smallest absolute Gasteiger partial charge is 0.418 e. The SMILES string of the molecule is CC.CN1CCN(c2ccc(C(=O)O)cc2C(F)(F)F)CC1. The third kappa shape index (κ3) is 4.37. The molecule has 1 aliphatic rings. The van der Waals surface area contributed by atoms with Crippen LogP contribution in [0.1, 0.15) is 29.8 Å². The number of benzene rings is 1. The number of nitrogens with zero attached hydrogens (tertiary/aromatic N) is 2. The van der Waals surface area contributed by atoms with Crippen LogP contribution in [0.5, 0.6) is 0 Å². The van der Waals surface area contributed by atoms with E-state index in [1.807, 2.05) is 25.8 Å². The first-order valence-electron chi connectivity index (χ1n) is 7.17. The van der Waals surface area contributed by atoms with E-state index in [0.717, 1.165) is 0 Å². The minimum atomic E-state index is -4.57. The highest BCUT2D eigenvalue weighted by atomic mass is 19.4. The largest absolute Gasteiger partial charge is 0.478 e. The Bertz CT molecular complexity index is 510. The predicted molar refractivity (Wildman–Crippen MR) is 79.5 cm³/mol. The lowest BCUT2D eigenvalue weighted by Crippen LogP contribution is -2.45. The van der Waals surface area contributed by atoms with Crippen molar-refractivity contribution in [1.29, 1.82) is 0 Å². The number of alkyl halides is 3. The molecule has 22 heavy (non-hydrogen) atoms. The summed E-state index contributed by atoms with van der Waals surface area (Å²) in [7, 11) is 1.91. The summed E-state index contributed by atoms with van der Waals surface area (Å²) in [6, 6.07) is 3.17. The van der Waals surface area contributed by atoms with Crippen molar-refractivity contribution in [3.8, 4) is 0 Å². The van der Waals surface area contributed by atoms with Crippen LogP contribution in [0.15, 0.2) is 18.2 Å². The highest BCUT2D eigenvalue weighted by Crippen LogP contribution is 2.37. The molecule has 0 amide bonds. The Morgan fingerprint density at radius 1 is 1.14 bits per heavy atom. The van der Waals surface area contributed by atoms with E-state index < -0.39 is 17.7 Å². The lowest BCUT2D eigenvalue weighted by atomic mass is 10.1. The maximum absolute atomic E-state index is 13.1. The summed E-state index contributed by atoms with van der Waals surface area (Å²) >= 11 is 0. The third-order valence-electron chi connectivity index (χ3n) is 3.39. The molecule has 0 aromatic heterocycles. The molecule has 1 aromatic carbocycles. The second kappa shape index (κ2) is 7.49. The minimum Gasteiger partial charge on any atom is -0.478 e. The molecule has 4 nitrogen and oxygen atoms in total. The van der Waals surface area contributed by atoms with E-state index in [-0.39, 0.29) is 11.3 Å². The van der Waals surface area contributed by atoms with Crippen molar-refractivity contribution in [2.45, 2.75) is 20.0 Å². The summed E-state index contributed by atoms with van der Waals surface area (Å²) in [4.78, 5) is 14.5. The number of carboxylic acids is 1. The van der Waals surface area contributed by atoms with E-state index in [1.165, 1.54) is 12.1 Å². The molecule has 124 valence electrons. The summed E-state index contributed by atoms with van der Waals surface area (Å²) in [6.07, 6.45) is -4.57. The van der Waals surface area contributed by atoms with Gasteiger partial charge in [0.05, 0.1) is 11.1 Å². The van der Waals surface area contributed by atoms with Crippen molar-refractivity contribution in [3.63, 3.8) is 0 Å². The number of hydrogen-bond acceptors (Lipinski definition) is 3. The summed E-state index contributed by atoms with van der Waals surface area (Å²) in [5.41, 5.74) is -1.19. The van der Waals surface area contributed by atoms with Crippen molar-refractivity contribution in [3.05, 3.63) is 29.3 Å². The zero-order valence-electron chi connectivity index (χ0n) is 12.9. The van der Waals surface area contributed by atoms with Crippen LogP contribution in [0.2, 0.25) is 0 Å². The number of anilines is 1. The van der Waals surface area contributed by atoms with Crippen molar-refractivity contribution in [1.82, 2.24) is 4.90 Å². The standard InChI is InChI=1S/C13H15F3N2O2.C2H6/c1-17-4-6-18(7-5-17)11-3-2-9(12(19)20)8-10(11)13(14,15)16;1-2/h2-3,8H,4-7H2,1H3,(H,19,20);1-2H3. The summed E-state index contributed by atoms with van der Waals surface area (Å²) in [5, 5.41) is 8.82. The van der Waals surface area contributed by atoms with Gasteiger partial charge in [0.25, 0.3) is 0 Å². The van der Waals surface area contributed by atoms with Gasteiger partial charge in [0.2, 0.25) is 0 Å². The molecule has 0 spiro atoms.